The van der Waals surface area contributed by atoms with Gasteiger partial charge in [-0.25, -0.2) is 17.5 Å². The van der Waals surface area contributed by atoms with E-state index >= 15 is 0 Å². The van der Waals surface area contributed by atoms with Gasteiger partial charge in [0.25, 0.3) is 0 Å². The lowest BCUT2D eigenvalue weighted by Crippen LogP contribution is -2.35. The zero-order chi connectivity index (χ0) is 17.8. The van der Waals surface area contributed by atoms with E-state index in [1.165, 1.54) is 36.7 Å². The topological polar surface area (TPSA) is 89.7 Å². The largest absolute Gasteiger partial charge is 0.465 e. The fourth-order valence-corrected chi connectivity index (χ4v) is 3.46. The third-order valence-corrected chi connectivity index (χ3v) is 5.82. The van der Waals surface area contributed by atoms with Gasteiger partial charge >= 0.3 is 5.97 Å². The van der Waals surface area contributed by atoms with E-state index in [0.29, 0.717) is 6.42 Å². The van der Waals surface area contributed by atoms with Gasteiger partial charge in [-0.3, -0.25) is 0 Å². The Kier molecular flexibility index (Phi) is 7.01. The summed E-state index contributed by atoms with van der Waals surface area (Å²) in [7, 11) is -1.20. The standard InChI is InChI=1S/C15H23ClN2O4S/c1-10(2)13(17)7-8-18(3)23(20,21)14-6-5-11(16)9-12(14)15(19)22-4/h5-6,9-10,13H,7-8,17H2,1-4H3. The third kappa shape index (κ3) is 4.91. The van der Waals surface area contributed by atoms with Gasteiger partial charge in [-0.15, -0.1) is 0 Å². The van der Waals surface area contributed by atoms with Crippen molar-refractivity contribution in [2.45, 2.75) is 31.2 Å². The molecule has 8 heteroatoms. The molecule has 0 heterocycles. The van der Waals surface area contributed by atoms with Crippen LogP contribution in [0.25, 0.3) is 0 Å². The van der Waals surface area contributed by atoms with Crippen LogP contribution in [-0.4, -0.2) is 45.4 Å². The van der Waals surface area contributed by atoms with E-state index in [1.54, 1.807) is 0 Å². The van der Waals surface area contributed by atoms with E-state index in [2.05, 4.69) is 4.74 Å². The molecule has 6 nitrogen and oxygen atoms in total. The quantitative estimate of drug-likeness (QED) is 0.750. The van der Waals surface area contributed by atoms with E-state index in [4.69, 9.17) is 17.3 Å². The highest BCUT2D eigenvalue weighted by Gasteiger charge is 2.27. The van der Waals surface area contributed by atoms with Gasteiger partial charge in [-0.05, 0) is 30.5 Å². The highest BCUT2D eigenvalue weighted by molar-refractivity contribution is 7.89. The molecule has 23 heavy (non-hydrogen) atoms. The molecule has 1 unspecified atom stereocenters. The lowest BCUT2D eigenvalue weighted by atomic mass is 10.0. The molecule has 0 aliphatic carbocycles. The van der Waals surface area contributed by atoms with E-state index in [0.717, 1.165) is 0 Å². The molecular formula is C15H23ClN2O4S. The van der Waals surface area contributed by atoms with Crippen LogP contribution < -0.4 is 5.73 Å². The number of benzene rings is 1. The minimum absolute atomic E-state index is 0.0833. The van der Waals surface area contributed by atoms with Crippen molar-refractivity contribution in [1.82, 2.24) is 4.31 Å². The maximum Gasteiger partial charge on any atom is 0.339 e. The van der Waals surface area contributed by atoms with Crippen molar-refractivity contribution in [3.8, 4) is 0 Å². The van der Waals surface area contributed by atoms with Crippen LogP contribution in [0.5, 0.6) is 0 Å². The summed E-state index contributed by atoms with van der Waals surface area (Å²) in [5.41, 5.74) is 5.87. The number of esters is 1. The van der Waals surface area contributed by atoms with Crippen LogP contribution in [0.3, 0.4) is 0 Å². The van der Waals surface area contributed by atoms with Gasteiger partial charge in [0.1, 0.15) is 0 Å². The Hall–Kier alpha value is -1.15. The molecule has 0 amide bonds. The van der Waals surface area contributed by atoms with Crippen molar-refractivity contribution >= 4 is 27.6 Å². The van der Waals surface area contributed by atoms with Crippen molar-refractivity contribution in [2.75, 3.05) is 20.7 Å². The summed E-state index contributed by atoms with van der Waals surface area (Å²) < 4.78 is 31.2. The molecule has 130 valence electrons. The highest BCUT2D eigenvalue weighted by Crippen LogP contribution is 2.24. The average molecular weight is 363 g/mol. The Bertz CT molecular complexity index is 661. The second-order valence-electron chi connectivity index (χ2n) is 5.66. The number of nitrogens with two attached hydrogens (primary N) is 1. The zero-order valence-corrected chi connectivity index (χ0v) is 15.3. The summed E-state index contributed by atoms with van der Waals surface area (Å²) in [6, 6.07) is 3.92. The van der Waals surface area contributed by atoms with Gasteiger partial charge in [-0.1, -0.05) is 25.4 Å². The fourth-order valence-electron chi connectivity index (χ4n) is 1.95. The molecule has 1 aromatic carbocycles. The number of methoxy groups -OCH3 is 1. The Morgan fingerprint density at radius 1 is 1.39 bits per heavy atom. The van der Waals surface area contributed by atoms with Crippen LogP contribution >= 0.6 is 11.6 Å². The fraction of sp³-hybridized carbons (Fsp3) is 0.533. The number of halogens is 1. The summed E-state index contributed by atoms with van der Waals surface area (Å²) in [4.78, 5) is 11.7. The summed E-state index contributed by atoms with van der Waals surface area (Å²) in [5, 5.41) is 0.258. The Morgan fingerprint density at radius 2 is 2.00 bits per heavy atom. The first kappa shape index (κ1) is 19.9. The summed E-state index contributed by atoms with van der Waals surface area (Å²) in [5.74, 6) is -0.495. The first-order chi connectivity index (χ1) is 10.6. The number of carbonyl (C=O) groups is 1. The predicted octanol–water partition coefficient (Wildman–Crippen LogP) is 2.12. The molecule has 0 bridgehead atoms. The number of rotatable bonds is 7. The van der Waals surface area contributed by atoms with Crippen molar-refractivity contribution in [2.24, 2.45) is 11.7 Å². The molecule has 0 radical (unpaired) electrons. The van der Waals surface area contributed by atoms with Gasteiger partial charge in [0, 0.05) is 24.7 Å². The Morgan fingerprint density at radius 3 is 2.52 bits per heavy atom. The first-order valence-electron chi connectivity index (χ1n) is 7.21. The van der Waals surface area contributed by atoms with E-state index in [-0.39, 0.29) is 34.0 Å². The number of nitrogens with zero attached hydrogens (tertiary/aromatic N) is 1. The predicted molar refractivity (Wildman–Crippen MR) is 90.0 cm³/mol. The molecule has 2 N–H and O–H groups in total. The van der Waals surface area contributed by atoms with Gasteiger partial charge < -0.3 is 10.5 Å². The SMILES string of the molecule is COC(=O)c1cc(Cl)ccc1S(=O)(=O)N(C)CCC(N)C(C)C. The maximum absolute atomic E-state index is 12.7. The number of carbonyl (C=O) groups excluding carboxylic acids is 1. The smallest absolute Gasteiger partial charge is 0.339 e. The van der Waals surface area contributed by atoms with Crippen LogP contribution in [-0.2, 0) is 14.8 Å². The van der Waals surface area contributed by atoms with Crippen molar-refractivity contribution in [3.63, 3.8) is 0 Å². The maximum atomic E-state index is 12.7. The number of ether oxygens (including phenoxy) is 1. The van der Waals surface area contributed by atoms with Crippen molar-refractivity contribution in [1.29, 1.82) is 0 Å². The molecule has 0 aliphatic rings. The third-order valence-electron chi connectivity index (χ3n) is 3.67. The molecule has 0 aliphatic heterocycles. The summed E-state index contributed by atoms with van der Waals surface area (Å²) in [6.07, 6.45) is 0.522. The summed E-state index contributed by atoms with van der Waals surface area (Å²) >= 11 is 5.85. The minimum Gasteiger partial charge on any atom is -0.465 e. The first-order valence-corrected chi connectivity index (χ1v) is 9.02. The van der Waals surface area contributed by atoms with E-state index in [1.807, 2.05) is 13.8 Å². The second-order valence-corrected chi connectivity index (χ2v) is 8.10. The van der Waals surface area contributed by atoms with Gasteiger partial charge in [0.2, 0.25) is 10.0 Å². The van der Waals surface area contributed by atoms with Gasteiger partial charge in [0.15, 0.2) is 0 Å². The molecule has 0 saturated carbocycles. The summed E-state index contributed by atoms with van der Waals surface area (Å²) in [6.45, 7) is 4.21. The molecule has 0 fully saturated rings. The average Bonchev–Trinajstić information content (AvgIpc) is 2.50. The monoisotopic (exact) mass is 362 g/mol. The van der Waals surface area contributed by atoms with Crippen LogP contribution in [0.2, 0.25) is 5.02 Å². The molecule has 1 aromatic rings. The van der Waals surface area contributed by atoms with E-state index in [9.17, 15) is 13.2 Å². The highest BCUT2D eigenvalue weighted by atomic mass is 35.5. The normalized spacial score (nSPS) is 13.4. The van der Waals surface area contributed by atoms with Crippen LogP contribution in [0.1, 0.15) is 30.6 Å². The van der Waals surface area contributed by atoms with E-state index < -0.39 is 16.0 Å². The number of hydrogen-bond acceptors (Lipinski definition) is 5. The Balaban J connectivity index is 3.11. The lowest BCUT2D eigenvalue weighted by Gasteiger charge is -2.22. The van der Waals surface area contributed by atoms with Crippen LogP contribution in [0, 0.1) is 5.92 Å². The number of hydrogen-bond donors (Lipinski definition) is 1. The molecule has 1 atom stereocenters. The molecule has 0 spiro atoms. The van der Waals surface area contributed by atoms with Gasteiger partial charge in [0.05, 0.1) is 17.6 Å². The van der Waals surface area contributed by atoms with Gasteiger partial charge in [-0.2, -0.15) is 0 Å². The number of sulfonamides is 1. The Labute approximate surface area is 142 Å². The molecule has 1 rings (SSSR count). The minimum atomic E-state index is -3.84. The molecule has 0 saturated heterocycles. The second kappa shape index (κ2) is 8.10. The lowest BCUT2D eigenvalue weighted by molar-refractivity contribution is 0.0596. The van der Waals surface area contributed by atoms with Crippen LogP contribution in [0.4, 0.5) is 0 Å². The van der Waals surface area contributed by atoms with Crippen molar-refractivity contribution < 1.29 is 17.9 Å². The van der Waals surface area contributed by atoms with Crippen LogP contribution in [0.15, 0.2) is 23.1 Å². The molecule has 0 aromatic heterocycles. The zero-order valence-electron chi connectivity index (χ0n) is 13.7. The molecular weight excluding hydrogens is 340 g/mol. The van der Waals surface area contributed by atoms with Crippen molar-refractivity contribution in [3.05, 3.63) is 28.8 Å².